The largest absolute Gasteiger partial charge is 0.393 e. The molecule has 1 unspecified atom stereocenters. The van der Waals surface area contributed by atoms with E-state index in [2.05, 4.69) is 4.98 Å². The molecule has 0 spiro atoms. The molecule has 0 saturated carbocycles. The standard InChI is InChI=1S/C10H14FN3S/c1-7(6-9(12)15)14(2)10-8(11)4-3-5-13-10/h3-5,7H,6H2,1-2H3,(H2,12,15). The second-order valence-corrected chi connectivity index (χ2v) is 3.96. The van der Waals surface area contributed by atoms with Crippen molar-refractivity contribution >= 4 is 23.0 Å². The number of anilines is 1. The van der Waals surface area contributed by atoms with Gasteiger partial charge in [-0.25, -0.2) is 9.37 Å². The number of nitrogens with zero attached hydrogens (tertiary/aromatic N) is 2. The van der Waals surface area contributed by atoms with Crippen molar-refractivity contribution in [1.82, 2.24) is 4.98 Å². The molecule has 3 nitrogen and oxygen atoms in total. The lowest BCUT2D eigenvalue weighted by Gasteiger charge is -2.25. The second kappa shape index (κ2) is 5.02. The number of aromatic nitrogens is 1. The average Bonchev–Trinajstić information content (AvgIpc) is 2.16. The van der Waals surface area contributed by atoms with Gasteiger partial charge in [0.2, 0.25) is 0 Å². The fourth-order valence-electron chi connectivity index (χ4n) is 1.27. The van der Waals surface area contributed by atoms with E-state index < -0.39 is 0 Å². The molecule has 1 atom stereocenters. The fraction of sp³-hybridized carbons (Fsp3) is 0.400. The zero-order valence-corrected chi connectivity index (χ0v) is 9.59. The number of thiocarbonyl (C=S) groups is 1. The van der Waals surface area contributed by atoms with Crippen molar-refractivity contribution in [3.63, 3.8) is 0 Å². The summed E-state index contributed by atoms with van der Waals surface area (Å²) < 4.78 is 13.4. The van der Waals surface area contributed by atoms with Gasteiger partial charge in [-0.15, -0.1) is 0 Å². The van der Waals surface area contributed by atoms with E-state index in [-0.39, 0.29) is 11.9 Å². The molecule has 0 saturated heterocycles. The Morgan fingerprint density at radius 1 is 1.73 bits per heavy atom. The molecular weight excluding hydrogens is 213 g/mol. The first-order chi connectivity index (χ1) is 7.02. The van der Waals surface area contributed by atoms with Crippen LogP contribution >= 0.6 is 12.2 Å². The van der Waals surface area contributed by atoms with Crippen LogP contribution in [0.25, 0.3) is 0 Å². The van der Waals surface area contributed by atoms with Gasteiger partial charge in [-0.3, -0.25) is 0 Å². The van der Waals surface area contributed by atoms with E-state index in [1.165, 1.54) is 6.07 Å². The quantitative estimate of drug-likeness (QED) is 0.795. The topological polar surface area (TPSA) is 42.1 Å². The maximum atomic E-state index is 13.4. The van der Waals surface area contributed by atoms with Crippen LogP contribution in [0.4, 0.5) is 10.2 Å². The summed E-state index contributed by atoms with van der Waals surface area (Å²) in [5.74, 6) is -0.0176. The third-order valence-corrected chi connectivity index (χ3v) is 2.40. The molecule has 0 aliphatic carbocycles. The summed E-state index contributed by atoms with van der Waals surface area (Å²) in [4.78, 5) is 6.13. The predicted octanol–water partition coefficient (Wildman–Crippen LogP) is 1.72. The molecule has 0 radical (unpaired) electrons. The van der Waals surface area contributed by atoms with Gasteiger partial charge in [0.25, 0.3) is 0 Å². The van der Waals surface area contributed by atoms with E-state index in [4.69, 9.17) is 18.0 Å². The summed E-state index contributed by atoms with van der Waals surface area (Å²) in [6.07, 6.45) is 2.10. The smallest absolute Gasteiger partial charge is 0.165 e. The maximum Gasteiger partial charge on any atom is 0.165 e. The van der Waals surface area contributed by atoms with Gasteiger partial charge < -0.3 is 10.6 Å². The van der Waals surface area contributed by atoms with Crippen molar-refractivity contribution < 1.29 is 4.39 Å². The van der Waals surface area contributed by atoms with Crippen LogP contribution in [-0.2, 0) is 0 Å². The van der Waals surface area contributed by atoms with Crippen LogP contribution in [0.1, 0.15) is 13.3 Å². The molecule has 1 heterocycles. The SMILES string of the molecule is CC(CC(N)=S)N(C)c1ncccc1F. The van der Waals surface area contributed by atoms with E-state index in [0.29, 0.717) is 17.2 Å². The van der Waals surface area contributed by atoms with Crippen molar-refractivity contribution in [2.24, 2.45) is 5.73 Å². The molecule has 1 aromatic rings. The van der Waals surface area contributed by atoms with E-state index in [9.17, 15) is 4.39 Å². The molecule has 0 fully saturated rings. The van der Waals surface area contributed by atoms with E-state index >= 15 is 0 Å². The average molecular weight is 227 g/mol. The highest BCUT2D eigenvalue weighted by Gasteiger charge is 2.15. The summed E-state index contributed by atoms with van der Waals surface area (Å²) in [5, 5.41) is 0. The summed E-state index contributed by atoms with van der Waals surface area (Å²) in [6.45, 7) is 1.92. The van der Waals surface area contributed by atoms with Crippen molar-refractivity contribution in [3.05, 3.63) is 24.1 Å². The Morgan fingerprint density at radius 2 is 2.40 bits per heavy atom. The molecule has 0 aliphatic heterocycles. The third kappa shape index (κ3) is 3.13. The van der Waals surface area contributed by atoms with Crippen molar-refractivity contribution in [2.45, 2.75) is 19.4 Å². The number of hydrogen-bond donors (Lipinski definition) is 1. The van der Waals surface area contributed by atoms with Crippen LogP contribution in [0.2, 0.25) is 0 Å². The van der Waals surface area contributed by atoms with Crippen LogP contribution in [0.15, 0.2) is 18.3 Å². The van der Waals surface area contributed by atoms with Gasteiger partial charge >= 0.3 is 0 Å². The predicted molar refractivity (Wildman–Crippen MR) is 63.5 cm³/mol. The molecule has 0 aliphatic rings. The molecule has 82 valence electrons. The Hall–Kier alpha value is -1.23. The maximum absolute atomic E-state index is 13.4. The Balaban J connectivity index is 2.80. The molecule has 2 N–H and O–H groups in total. The van der Waals surface area contributed by atoms with Crippen molar-refractivity contribution in [2.75, 3.05) is 11.9 Å². The highest BCUT2D eigenvalue weighted by molar-refractivity contribution is 7.80. The van der Waals surface area contributed by atoms with Gasteiger partial charge in [0.05, 0.1) is 4.99 Å². The molecule has 15 heavy (non-hydrogen) atoms. The second-order valence-electron chi connectivity index (χ2n) is 3.44. The minimum Gasteiger partial charge on any atom is -0.393 e. The van der Waals surface area contributed by atoms with Gasteiger partial charge in [-0.1, -0.05) is 12.2 Å². The molecule has 1 rings (SSSR count). The number of pyridine rings is 1. The van der Waals surface area contributed by atoms with Crippen LogP contribution in [0.5, 0.6) is 0 Å². The lowest BCUT2D eigenvalue weighted by molar-refractivity contribution is 0.600. The normalized spacial score (nSPS) is 12.2. The summed E-state index contributed by atoms with van der Waals surface area (Å²) in [5.41, 5.74) is 5.44. The van der Waals surface area contributed by atoms with E-state index in [0.717, 1.165) is 0 Å². The zero-order chi connectivity index (χ0) is 11.4. The van der Waals surface area contributed by atoms with Crippen LogP contribution in [0, 0.1) is 5.82 Å². The van der Waals surface area contributed by atoms with Gasteiger partial charge in [-0.2, -0.15) is 0 Å². The summed E-state index contributed by atoms with van der Waals surface area (Å²) in [6, 6.07) is 2.98. The first kappa shape index (κ1) is 11.8. The number of hydrogen-bond acceptors (Lipinski definition) is 3. The minimum absolute atomic E-state index is 0.0342. The number of rotatable bonds is 4. The van der Waals surface area contributed by atoms with Gasteiger partial charge in [0.1, 0.15) is 0 Å². The molecular formula is C10H14FN3S. The highest BCUT2D eigenvalue weighted by Crippen LogP contribution is 2.17. The molecule has 0 aromatic carbocycles. The number of halogens is 1. The van der Waals surface area contributed by atoms with E-state index in [1.54, 1.807) is 24.2 Å². The van der Waals surface area contributed by atoms with E-state index in [1.807, 2.05) is 6.92 Å². The Kier molecular flexibility index (Phi) is 3.96. The Morgan fingerprint density at radius 3 is 2.93 bits per heavy atom. The molecule has 0 amide bonds. The lowest BCUT2D eigenvalue weighted by Crippen LogP contribution is -2.33. The highest BCUT2D eigenvalue weighted by atomic mass is 32.1. The summed E-state index contributed by atoms with van der Waals surface area (Å²) in [7, 11) is 1.77. The molecule has 5 heteroatoms. The van der Waals surface area contributed by atoms with Crippen molar-refractivity contribution in [1.29, 1.82) is 0 Å². The first-order valence-electron chi connectivity index (χ1n) is 4.64. The zero-order valence-electron chi connectivity index (χ0n) is 8.77. The Labute approximate surface area is 94.1 Å². The van der Waals surface area contributed by atoms with Crippen LogP contribution < -0.4 is 10.6 Å². The Bertz CT molecular complexity index is 356. The van der Waals surface area contributed by atoms with Crippen LogP contribution in [-0.4, -0.2) is 23.1 Å². The van der Waals surface area contributed by atoms with Crippen molar-refractivity contribution in [3.8, 4) is 0 Å². The monoisotopic (exact) mass is 227 g/mol. The third-order valence-electron chi connectivity index (χ3n) is 2.23. The first-order valence-corrected chi connectivity index (χ1v) is 5.05. The van der Waals surface area contributed by atoms with Gasteiger partial charge in [-0.05, 0) is 19.1 Å². The van der Waals surface area contributed by atoms with Gasteiger partial charge in [0.15, 0.2) is 11.6 Å². The minimum atomic E-state index is -0.338. The van der Waals surface area contributed by atoms with Gasteiger partial charge in [0, 0.05) is 25.7 Å². The summed E-state index contributed by atoms with van der Waals surface area (Å²) >= 11 is 4.81. The molecule has 0 bridgehead atoms. The fourth-order valence-corrected chi connectivity index (χ4v) is 1.51. The molecule has 1 aromatic heterocycles. The van der Waals surface area contributed by atoms with Crippen LogP contribution in [0.3, 0.4) is 0 Å². The number of nitrogens with two attached hydrogens (primary N) is 1. The lowest BCUT2D eigenvalue weighted by atomic mass is 10.2.